The zero-order valence-corrected chi connectivity index (χ0v) is 17.0. The molecule has 4 nitrogen and oxygen atoms in total. The molecule has 3 aromatic rings. The van der Waals surface area contributed by atoms with E-state index in [9.17, 15) is 14.0 Å². The van der Waals surface area contributed by atoms with Gasteiger partial charge >= 0.3 is 0 Å². The van der Waals surface area contributed by atoms with Gasteiger partial charge in [-0.25, -0.2) is 9.29 Å². The van der Waals surface area contributed by atoms with E-state index in [-0.39, 0.29) is 0 Å². The zero-order chi connectivity index (χ0) is 21.1. The van der Waals surface area contributed by atoms with Gasteiger partial charge in [-0.2, -0.15) is 0 Å². The fraction of sp³-hybridized carbons (Fsp3) is 0.0833. The van der Waals surface area contributed by atoms with Gasteiger partial charge in [0, 0.05) is 11.3 Å². The van der Waals surface area contributed by atoms with Crippen LogP contribution in [-0.4, -0.2) is 18.9 Å². The van der Waals surface area contributed by atoms with Crippen LogP contribution < -0.4 is 9.64 Å². The molecule has 0 N–H and O–H groups in total. The minimum absolute atomic E-state index is 0.294. The average Bonchev–Trinajstić information content (AvgIpc) is 3.03. The number of para-hydroxylation sites is 1. The number of halogens is 1. The molecule has 0 saturated carbocycles. The number of anilines is 1. The van der Waals surface area contributed by atoms with Crippen LogP contribution in [0.3, 0.4) is 0 Å². The average molecular weight is 419 g/mol. The molecule has 0 fully saturated rings. The van der Waals surface area contributed by atoms with E-state index in [2.05, 4.69) is 0 Å². The van der Waals surface area contributed by atoms with Gasteiger partial charge in [-0.05, 0) is 35.9 Å². The largest absolute Gasteiger partial charge is 0.496 e. The molecular weight excluding hydrogens is 401 g/mol. The summed E-state index contributed by atoms with van der Waals surface area (Å²) in [6, 6.07) is 22.1. The topological polar surface area (TPSA) is 46.6 Å². The molecule has 4 rings (SSSR count). The molecule has 0 bridgehead atoms. The molecule has 150 valence electrons. The van der Waals surface area contributed by atoms with Gasteiger partial charge in [0.05, 0.1) is 23.3 Å². The molecule has 0 aliphatic carbocycles. The van der Waals surface area contributed by atoms with Gasteiger partial charge in [0.25, 0.3) is 11.8 Å². The molecule has 0 unspecified atom stereocenters. The molecule has 1 heterocycles. The molecule has 6 heteroatoms. The number of methoxy groups -OCH3 is 1. The van der Waals surface area contributed by atoms with Crippen LogP contribution in [-0.2, 0) is 15.3 Å². The number of ether oxygens (including phenoxy) is 1. The van der Waals surface area contributed by atoms with Crippen molar-refractivity contribution in [1.29, 1.82) is 0 Å². The second kappa shape index (κ2) is 8.55. The van der Waals surface area contributed by atoms with Crippen molar-refractivity contribution in [3.8, 4) is 5.75 Å². The Balaban J connectivity index is 1.78. The normalized spacial score (nSPS) is 13.9. The first-order valence-corrected chi connectivity index (χ1v) is 10.3. The molecule has 0 aromatic heterocycles. The SMILES string of the molecule is COc1ccccc1C1=C(SCc2ccccc2)C(=O)N(c2ccc(F)cc2)C1=O. The summed E-state index contributed by atoms with van der Waals surface area (Å²) in [6.45, 7) is 0. The maximum Gasteiger partial charge on any atom is 0.272 e. The van der Waals surface area contributed by atoms with Crippen LogP contribution in [0.15, 0.2) is 83.8 Å². The predicted molar refractivity (Wildman–Crippen MR) is 117 cm³/mol. The van der Waals surface area contributed by atoms with E-state index in [1.165, 1.54) is 43.1 Å². The highest BCUT2D eigenvalue weighted by Gasteiger charge is 2.41. The lowest BCUT2D eigenvalue weighted by molar-refractivity contribution is -0.119. The molecule has 0 atom stereocenters. The molecule has 1 aliphatic rings. The minimum Gasteiger partial charge on any atom is -0.496 e. The summed E-state index contributed by atoms with van der Waals surface area (Å²) in [6.07, 6.45) is 0. The predicted octanol–water partition coefficient (Wildman–Crippen LogP) is 5.05. The van der Waals surface area contributed by atoms with E-state index >= 15 is 0 Å². The fourth-order valence-corrected chi connectivity index (χ4v) is 4.35. The third-order valence-corrected chi connectivity index (χ3v) is 5.87. The summed E-state index contributed by atoms with van der Waals surface area (Å²) in [5.74, 6) is -0.271. The third kappa shape index (κ3) is 3.74. The number of hydrogen-bond acceptors (Lipinski definition) is 4. The lowest BCUT2D eigenvalue weighted by atomic mass is 10.0. The number of carbonyl (C=O) groups is 2. The number of rotatable bonds is 6. The van der Waals surface area contributed by atoms with Crippen molar-refractivity contribution >= 4 is 34.8 Å². The maximum atomic E-state index is 13.4. The molecule has 30 heavy (non-hydrogen) atoms. The molecule has 1 aliphatic heterocycles. The summed E-state index contributed by atoms with van der Waals surface area (Å²) in [7, 11) is 1.52. The van der Waals surface area contributed by atoms with Crippen molar-refractivity contribution < 1.29 is 18.7 Å². The van der Waals surface area contributed by atoms with Gasteiger partial charge in [0.1, 0.15) is 11.6 Å². The van der Waals surface area contributed by atoms with Crippen molar-refractivity contribution in [3.05, 3.63) is 101 Å². The molecular formula is C24H18FNO3S. The van der Waals surface area contributed by atoms with Crippen molar-refractivity contribution in [3.63, 3.8) is 0 Å². The van der Waals surface area contributed by atoms with Crippen LogP contribution in [0, 0.1) is 5.82 Å². The first-order chi connectivity index (χ1) is 14.6. The summed E-state index contributed by atoms with van der Waals surface area (Å²) < 4.78 is 18.8. The van der Waals surface area contributed by atoms with E-state index in [0.29, 0.717) is 33.2 Å². The Morgan fingerprint density at radius 3 is 2.23 bits per heavy atom. The van der Waals surface area contributed by atoms with Crippen molar-refractivity contribution in [2.75, 3.05) is 12.0 Å². The van der Waals surface area contributed by atoms with E-state index in [1.807, 2.05) is 30.3 Å². The fourth-order valence-electron chi connectivity index (χ4n) is 3.29. The lowest BCUT2D eigenvalue weighted by Crippen LogP contribution is -2.31. The number of imide groups is 1. The van der Waals surface area contributed by atoms with E-state index < -0.39 is 17.6 Å². The Bertz CT molecular complexity index is 1130. The van der Waals surface area contributed by atoms with Crippen LogP contribution in [0.4, 0.5) is 10.1 Å². The van der Waals surface area contributed by atoms with E-state index in [0.717, 1.165) is 10.5 Å². The Labute approximate surface area is 178 Å². The number of thioether (sulfide) groups is 1. The Morgan fingerprint density at radius 2 is 1.53 bits per heavy atom. The monoisotopic (exact) mass is 419 g/mol. The number of benzene rings is 3. The maximum absolute atomic E-state index is 13.4. The van der Waals surface area contributed by atoms with Gasteiger partial charge in [-0.3, -0.25) is 9.59 Å². The minimum atomic E-state index is -0.452. The van der Waals surface area contributed by atoms with Gasteiger partial charge in [0.15, 0.2) is 0 Å². The van der Waals surface area contributed by atoms with Crippen molar-refractivity contribution in [2.24, 2.45) is 0 Å². The van der Waals surface area contributed by atoms with Crippen LogP contribution >= 0.6 is 11.8 Å². The van der Waals surface area contributed by atoms with Gasteiger partial charge in [-0.15, -0.1) is 11.8 Å². The summed E-state index contributed by atoms with van der Waals surface area (Å²) in [5.41, 5.74) is 2.21. The first kappa shape index (κ1) is 19.9. The summed E-state index contributed by atoms with van der Waals surface area (Å²) in [5, 5.41) is 0. The number of nitrogens with zero attached hydrogens (tertiary/aromatic N) is 1. The van der Waals surface area contributed by atoms with Gasteiger partial charge in [-0.1, -0.05) is 48.5 Å². The molecule has 0 saturated heterocycles. The summed E-state index contributed by atoms with van der Waals surface area (Å²) >= 11 is 1.31. The quantitative estimate of drug-likeness (QED) is 0.525. The molecule has 0 radical (unpaired) electrons. The molecule has 0 spiro atoms. The van der Waals surface area contributed by atoms with Crippen LogP contribution in [0.25, 0.3) is 5.57 Å². The Morgan fingerprint density at radius 1 is 0.867 bits per heavy atom. The highest BCUT2D eigenvalue weighted by Crippen LogP contribution is 2.42. The van der Waals surface area contributed by atoms with E-state index in [4.69, 9.17) is 4.74 Å². The molecule has 2 amide bonds. The third-order valence-electron chi connectivity index (χ3n) is 4.73. The van der Waals surface area contributed by atoms with Gasteiger partial charge in [0.2, 0.25) is 0 Å². The van der Waals surface area contributed by atoms with Crippen LogP contribution in [0.5, 0.6) is 5.75 Å². The van der Waals surface area contributed by atoms with Crippen LogP contribution in [0.2, 0.25) is 0 Å². The van der Waals surface area contributed by atoms with Crippen LogP contribution in [0.1, 0.15) is 11.1 Å². The Kier molecular flexibility index (Phi) is 5.68. The van der Waals surface area contributed by atoms with Gasteiger partial charge < -0.3 is 4.74 Å². The lowest BCUT2D eigenvalue weighted by Gasteiger charge is -2.15. The highest BCUT2D eigenvalue weighted by atomic mass is 32.2. The zero-order valence-electron chi connectivity index (χ0n) is 16.2. The highest BCUT2D eigenvalue weighted by molar-refractivity contribution is 8.03. The smallest absolute Gasteiger partial charge is 0.272 e. The number of amides is 2. The van der Waals surface area contributed by atoms with E-state index in [1.54, 1.807) is 24.3 Å². The standard InChI is InChI=1S/C24H18FNO3S/c1-29-20-10-6-5-9-19(20)21-22(30-15-16-7-3-2-4-8-16)24(28)26(23(21)27)18-13-11-17(25)12-14-18/h2-14H,15H2,1H3. The summed E-state index contributed by atoms with van der Waals surface area (Å²) in [4.78, 5) is 28.1. The van der Waals surface area contributed by atoms with Crippen molar-refractivity contribution in [1.82, 2.24) is 0 Å². The molecule has 3 aromatic carbocycles. The number of hydrogen-bond donors (Lipinski definition) is 0. The first-order valence-electron chi connectivity index (χ1n) is 9.29. The van der Waals surface area contributed by atoms with Crippen molar-refractivity contribution in [2.45, 2.75) is 5.75 Å². The second-order valence-corrected chi connectivity index (χ2v) is 7.59. The Hall–Kier alpha value is -3.38. The number of carbonyl (C=O) groups excluding carboxylic acids is 2. The second-order valence-electron chi connectivity index (χ2n) is 6.60.